The van der Waals surface area contributed by atoms with Crippen LogP contribution in [0.2, 0.25) is 0 Å². The number of rotatable bonds is 6. The van der Waals surface area contributed by atoms with Crippen molar-refractivity contribution in [1.82, 2.24) is 4.57 Å². The van der Waals surface area contributed by atoms with Crippen molar-refractivity contribution in [3.63, 3.8) is 0 Å². The highest BCUT2D eigenvalue weighted by atomic mass is 127. The van der Waals surface area contributed by atoms with Crippen molar-refractivity contribution in [3.8, 4) is 11.5 Å². The van der Waals surface area contributed by atoms with Crippen molar-refractivity contribution in [3.05, 3.63) is 56.0 Å². The van der Waals surface area contributed by atoms with Gasteiger partial charge in [-0.1, -0.05) is 19.9 Å². The minimum Gasteiger partial charge on any atom is -0.467 e. The highest BCUT2D eigenvalue weighted by molar-refractivity contribution is 14.1. The van der Waals surface area contributed by atoms with Gasteiger partial charge in [0.15, 0.2) is 11.6 Å². The van der Waals surface area contributed by atoms with Crippen LogP contribution in [-0.4, -0.2) is 17.6 Å². The largest absolute Gasteiger partial charge is 0.467 e. The molecule has 5 nitrogen and oxygen atoms in total. The normalized spacial score (nSPS) is 12.1. The van der Waals surface area contributed by atoms with Gasteiger partial charge < -0.3 is 14.0 Å². The molecule has 1 aromatic carbocycles. The number of esters is 1. The Hall–Kier alpha value is -1.97. The van der Waals surface area contributed by atoms with Crippen molar-refractivity contribution in [2.24, 2.45) is 5.92 Å². The van der Waals surface area contributed by atoms with E-state index in [4.69, 9.17) is 9.47 Å². The van der Waals surface area contributed by atoms with Crippen LogP contribution in [0.1, 0.15) is 26.3 Å². The second kappa shape index (κ2) is 8.61. The molecule has 0 aliphatic rings. The number of benzene rings is 1. The summed E-state index contributed by atoms with van der Waals surface area (Å²) < 4.78 is 38.6. The number of aromatic nitrogens is 1. The highest BCUT2D eigenvalue weighted by Gasteiger charge is 2.25. The first-order chi connectivity index (χ1) is 12.3. The summed E-state index contributed by atoms with van der Waals surface area (Å²) in [5, 5.41) is 0. The minimum absolute atomic E-state index is 0.0736. The lowest BCUT2D eigenvalue weighted by Crippen LogP contribution is -2.32. The SMILES string of the molecule is COC(=O)C(CC(C)C)n1ccc(Oc2cccc(F)c2F)c(I)c1=O. The Bertz CT molecular complexity index is 867. The van der Waals surface area contributed by atoms with Gasteiger partial charge in [0.1, 0.15) is 15.4 Å². The molecule has 0 fully saturated rings. The molecule has 1 aromatic heterocycles. The molecule has 0 N–H and O–H groups in total. The van der Waals surface area contributed by atoms with E-state index < -0.39 is 29.2 Å². The van der Waals surface area contributed by atoms with Crippen LogP contribution in [-0.2, 0) is 9.53 Å². The maximum Gasteiger partial charge on any atom is 0.328 e. The van der Waals surface area contributed by atoms with Gasteiger partial charge in [0, 0.05) is 6.20 Å². The lowest BCUT2D eigenvalue weighted by Gasteiger charge is -2.20. The molecule has 0 radical (unpaired) electrons. The van der Waals surface area contributed by atoms with Gasteiger partial charge >= 0.3 is 5.97 Å². The fourth-order valence-corrected chi connectivity index (χ4v) is 2.99. The molecule has 8 heteroatoms. The number of ether oxygens (including phenoxy) is 2. The summed E-state index contributed by atoms with van der Waals surface area (Å²) in [6, 6.07) is 4.19. The summed E-state index contributed by atoms with van der Waals surface area (Å²) in [5.41, 5.74) is -0.476. The van der Waals surface area contributed by atoms with Crippen LogP contribution in [0, 0.1) is 21.1 Å². The molecule has 26 heavy (non-hydrogen) atoms. The number of methoxy groups -OCH3 is 1. The van der Waals surface area contributed by atoms with E-state index in [0.29, 0.717) is 6.42 Å². The van der Waals surface area contributed by atoms with Gasteiger partial charge in [-0.3, -0.25) is 4.79 Å². The van der Waals surface area contributed by atoms with E-state index in [1.165, 1.54) is 36.1 Å². The first-order valence-corrected chi connectivity index (χ1v) is 8.94. The van der Waals surface area contributed by atoms with Crippen molar-refractivity contribution < 1.29 is 23.0 Å². The predicted octanol–water partition coefficient (Wildman–Crippen LogP) is 4.28. The number of nitrogens with zero attached hydrogens (tertiary/aromatic N) is 1. The predicted molar refractivity (Wildman–Crippen MR) is 100 cm³/mol. The molecule has 0 spiro atoms. The summed E-state index contributed by atoms with van der Waals surface area (Å²) in [7, 11) is 1.26. The van der Waals surface area contributed by atoms with Gasteiger partial charge in [-0.25, -0.2) is 9.18 Å². The van der Waals surface area contributed by atoms with Crippen LogP contribution < -0.4 is 10.3 Å². The number of hydrogen-bond donors (Lipinski definition) is 0. The van der Waals surface area contributed by atoms with Crippen LogP contribution >= 0.6 is 22.6 Å². The third-order valence-corrected chi connectivity index (χ3v) is 4.66. The Morgan fingerprint density at radius 2 is 1.92 bits per heavy atom. The molecule has 1 unspecified atom stereocenters. The molecule has 2 rings (SSSR count). The molecule has 0 aliphatic heterocycles. The Morgan fingerprint density at radius 3 is 2.54 bits per heavy atom. The Labute approximate surface area is 163 Å². The maximum atomic E-state index is 13.8. The van der Waals surface area contributed by atoms with Gasteiger partial charge in [0.25, 0.3) is 5.56 Å². The third kappa shape index (κ3) is 4.40. The summed E-state index contributed by atoms with van der Waals surface area (Å²) in [5.74, 6) is -2.81. The topological polar surface area (TPSA) is 57.5 Å². The van der Waals surface area contributed by atoms with Crippen molar-refractivity contribution >= 4 is 28.6 Å². The monoisotopic (exact) mass is 477 g/mol. The lowest BCUT2D eigenvalue weighted by molar-refractivity contribution is -0.145. The first kappa shape index (κ1) is 20.3. The number of carbonyl (C=O) groups is 1. The quantitative estimate of drug-likeness (QED) is 0.461. The van der Waals surface area contributed by atoms with Gasteiger partial charge in [0.2, 0.25) is 5.82 Å². The van der Waals surface area contributed by atoms with Gasteiger partial charge in [-0.05, 0) is 53.1 Å². The van der Waals surface area contributed by atoms with E-state index in [0.717, 1.165) is 6.07 Å². The second-order valence-corrected chi connectivity index (χ2v) is 7.11. The maximum absolute atomic E-state index is 13.8. The molecule has 0 bridgehead atoms. The molecule has 140 valence electrons. The van der Waals surface area contributed by atoms with Crippen molar-refractivity contribution in [2.75, 3.05) is 7.11 Å². The Balaban J connectivity index is 2.42. The molecule has 2 aromatic rings. The van der Waals surface area contributed by atoms with Crippen LogP contribution in [0.4, 0.5) is 8.78 Å². The van der Waals surface area contributed by atoms with Crippen LogP contribution in [0.15, 0.2) is 35.3 Å². The van der Waals surface area contributed by atoms with E-state index in [-0.39, 0.29) is 21.0 Å². The molecule has 1 heterocycles. The van der Waals surface area contributed by atoms with Crippen molar-refractivity contribution in [2.45, 2.75) is 26.3 Å². The average molecular weight is 477 g/mol. The molecule has 0 saturated heterocycles. The number of pyridine rings is 1. The third-order valence-electron chi connectivity index (χ3n) is 3.66. The van der Waals surface area contributed by atoms with Gasteiger partial charge in [-0.2, -0.15) is 4.39 Å². The average Bonchev–Trinajstić information content (AvgIpc) is 2.60. The van der Waals surface area contributed by atoms with Gasteiger partial charge in [0.05, 0.1) is 7.11 Å². The molecule has 0 aliphatic carbocycles. The molecule has 1 atom stereocenters. The van der Waals surface area contributed by atoms with E-state index >= 15 is 0 Å². The fourth-order valence-electron chi connectivity index (χ4n) is 2.42. The van der Waals surface area contributed by atoms with Crippen LogP contribution in [0.5, 0.6) is 11.5 Å². The summed E-state index contributed by atoms with van der Waals surface area (Å²) >= 11 is 1.75. The summed E-state index contributed by atoms with van der Waals surface area (Å²) in [6.45, 7) is 3.85. The zero-order chi connectivity index (χ0) is 19.4. The van der Waals surface area contributed by atoms with Crippen molar-refractivity contribution in [1.29, 1.82) is 0 Å². The summed E-state index contributed by atoms with van der Waals surface area (Å²) in [6.07, 6.45) is 1.81. The minimum atomic E-state index is -1.14. The highest BCUT2D eigenvalue weighted by Crippen LogP contribution is 2.28. The second-order valence-electron chi connectivity index (χ2n) is 6.03. The number of hydrogen-bond acceptors (Lipinski definition) is 4. The Kier molecular flexibility index (Phi) is 6.74. The molecule has 0 amide bonds. The molecule has 0 saturated carbocycles. The van der Waals surface area contributed by atoms with Crippen LogP contribution in [0.25, 0.3) is 0 Å². The Morgan fingerprint density at radius 1 is 1.23 bits per heavy atom. The summed E-state index contributed by atoms with van der Waals surface area (Å²) in [4.78, 5) is 24.7. The van der Waals surface area contributed by atoms with E-state index in [1.54, 1.807) is 22.6 Å². The van der Waals surface area contributed by atoms with E-state index in [2.05, 4.69) is 0 Å². The zero-order valence-electron chi connectivity index (χ0n) is 14.5. The molecular weight excluding hydrogens is 459 g/mol. The fraction of sp³-hybridized carbons (Fsp3) is 0.333. The van der Waals surface area contributed by atoms with E-state index in [9.17, 15) is 18.4 Å². The molecular formula is C18H18F2INO4. The van der Waals surface area contributed by atoms with Gasteiger partial charge in [-0.15, -0.1) is 0 Å². The standard InChI is InChI=1S/C18H18F2INO4/c1-10(2)9-12(18(24)25-3)22-8-7-14(16(21)17(22)23)26-13-6-4-5-11(19)15(13)20/h4-8,10,12H,9H2,1-3H3. The smallest absolute Gasteiger partial charge is 0.328 e. The van der Waals surface area contributed by atoms with Crippen LogP contribution in [0.3, 0.4) is 0 Å². The number of carbonyl (C=O) groups excluding carboxylic acids is 1. The number of halogens is 3. The first-order valence-electron chi connectivity index (χ1n) is 7.86. The van der Waals surface area contributed by atoms with E-state index in [1.807, 2.05) is 13.8 Å². The zero-order valence-corrected chi connectivity index (χ0v) is 16.6. The lowest BCUT2D eigenvalue weighted by atomic mass is 10.0.